The number of nitrogens with zero attached hydrogens (tertiary/aromatic N) is 4. The average Bonchev–Trinajstić information content (AvgIpc) is 2.78. The van der Waals surface area contributed by atoms with E-state index in [-0.39, 0.29) is 43.1 Å². The van der Waals surface area contributed by atoms with Gasteiger partial charge in [-0.15, -0.1) is 0 Å². The molecule has 0 bridgehead atoms. The van der Waals surface area contributed by atoms with Crippen LogP contribution < -0.4 is 10.4 Å². The molecule has 0 aliphatic carbocycles. The Bertz CT molecular complexity index is 1140. The second kappa shape index (κ2) is 8.63. The van der Waals surface area contributed by atoms with E-state index in [0.29, 0.717) is 0 Å². The third-order valence-electron chi connectivity index (χ3n) is 4.79. The molecule has 1 aliphatic heterocycles. The van der Waals surface area contributed by atoms with Gasteiger partial charge in [0.25, 0.3) is 17.3 Å². The maximum absolute atomic E-state index is 12.9. The summed E-state index contributed by atoms with van der Waals surface area (Å²) in [6.45, 7) is 0.0767. The van der Waals surface area contributed by atoms with Crippen LogP contribution in [0.2, 0.25) is 0 Å². The molecule has 0 radical (unpaired) electrons. The number of anilines is 1. The lowest BCUT2D eigenvalue weighted by Crippen LogP contribution is -2.48. The van der Waals surface area contributed by atoms with Crippen molar-refractivity contribution < 1.29 is 28.3 Å². The number of carbonyl (C=O) groups is 1. The van der Waals surface area contributed by atoms with Gasteiger partial charge in [-0.2, -0.15) is 4.31 Å². The molecule has 0 atom stereocenters. The van der Waals surface area contributed by atoms with E-state index in [2.05, 4.69) is 0 Å². The Labute approximate surface area is 175 Å². The van der Waals surface area contributed by atoms with Crippen LogP contribution in [0.25, 0.3) is 0 Å². The predicted molar refractivity (Wildman–Crippen MR) is 106 cm³/mol. The zero-order chi connectivity index (χ0) is 22.8. The first-order valence-corrected chi connectivity index (χ1v) is 10.3. The van der Waals surface area contributed by atoms with E-state index in [1.54, 1.807) is 4.90 Å². The van der Waals surface area contributed by atoms with Crippen LogP contribution in [0, 0.1) is 20.2 Å². The molecule has 1 amide bonds. The number of nitro groups is 2. The van der Waals surface area contributed by atoms with E-state index >= 15 is 0 Å². The third-order valence-corrected chi connectivity index (χ3v) is 6.74. The van der Waals surface area contributed by atoms with E-state index in [4.69, 9.17) is 5.21 Å². The van der Waals surface area contributed by atoms with Crippen molar-refractivity contribution in [1.82, 2.24) is 9.79 Å². The maximum Gasteiger partial charge on any atom is 0.293 e. The highest BCUT2D eigenvalue weighted by Crippen LogP contribution is 2.32. The minimum atomic E-state index is -4.14. The molecule has 1 saturated heterocycles. The number of nitrogens with one attached hydrogen (secondary N) is 1. The van der Waals surface area contributed by atoms with Gasteiger partial charge in [0.05, 0.1) is 9.85 Å². The van der Waals surface area contributed by atoms with Gasteiger partial charge in [-0.1, -0.05) is 12.1 Å². The van der Waals surface area contributed by atoms with Gasteiger partial charge in [0.1, 0.15) is 5.69 Å². The Morgan fingerprint density at radius 2 is 1.58 bits per heavy atom. The molecule has 0 saturated carbocycles. The van der Waals surface area contributed by atoms with Crippen LogP contribution in [0.5, 0.6) is 0 Å². The zero-order valence-corrected chi connectivity index (χ0v) is 16.7. The molecule has 0 unspecified atom stereocenters. The lowest BCUT2D eigenvalue weighted by molar-refractivity contribution is -0.387. The predicted octanol–water partition coefficient (Wildman–Crippen LogP) is 1.13. The lowest BCUT2D eigenvalue weighted by Gasteiger charge is -2.35. The van der Waals surface area contributed by atoms with E-state index in [9.17, 15) is 33.4 Å². The first kappa shape index (κ1) is 22.1. The fourth-order valence-electron chi connectivity index (χ4n) is 3.28. The number of nitro benzene ring substituents is 2. The van der Waals surface area contributed by atoms with Crippen LogP contribution in [0.4, 0.5) is 17.1 Å². The number of amides is 1. The number of hydrogen-bond acceptors (Lipinski definition) is 9. The largest absolute Gasteiger partial charge is 0.363 e. The number of carbonyl (C=O) groups excluding carboxylic acids is 1. The normalized spacial score (nSPS) is 14.8. The summed E-state index contributed by atoms with van der Waals surface area (Å²) >= 11 is 0. The molecule has 0 spiro atoms. The molecular weight excluding hydrogens is 434 g/mol. The van der Waals surface area contributed by atoms with Gasteiger partial charge in [0.2, 0.25) is 10.0 Å². The Balaban J connectivity index is 1.84. The molecule has 13 nitrogen and oxygen atoms in total. The van der Waals surface area contributed by atoms with Crippen molar-refractivity contribution in [2.24, 2.45) is 0 Å². The summed E-state index contributed by atoms with van der Waals surface area (Å²) in [7, 11) is -4.14. The van der Waals surface area contributed by atoms with Gasteiger partial charge >= 0.3 is 0 Å². The average molecular weight is 451 g/mol. The van der Waals surface area contributed by atoms with Crippen LogP contribution in [0.1, 0.15) is 10.4 Å². The Morgan fingerprint density at radius 3 is 2.16 bits per heavy atom. The molecular formula is C17H17N5O8S. The van der Waals surface area contributed by atoms with Gasteiger partial charge in [-0.05, 0) is 18.2 Å². The number of rotatable bonds is 6. The number of benzene rings is 2. The van der Waals surface area contributed by atoms with Gasteiger partial charge in [-0.3, -0.25) is 30.2 Å². The third kappa shape index (κ3) is 4.30. The minimum absolute atomic E-state index is 0.0512. The first-order chi connectivity index (χ1) is 14.7. The van der Waals surface area contributed by atoms with Crippen LogP contribution in [0.3, 0.4) is 0 Å². The molecule has 164 valence electrons. The molecule has 2 aromatic carbocycles. The Kier molecular flexibility index (Phi) is 6.14. The van der Waals surface area contributed by atoms with Crippen molar-refractivity contribution in [3.63, 3.8) is 0 Å². The Hall–Kier alpha value is -3.62. The van der Waals surface area contributed by atoms with Crippen LogP contribution in [-0.4, -0.2) is 59.9 Å². The van der Waals surface area contributed by atoms with E-state index < -0.39 is 36.4 Å². The van der Waals surface area contributed by atoms with Crippen LogP contribution in [-0.2, 0) is 10.0 Å². The first-order valence-electron chi connectivity index (χ1n) is 8.88. The van der Waals surface area contributed by atoms with Crippen molar-refractivity contribution in [3.8, 4) is 0 Å². The van der Waals surface area contributed by atoms with Gasteiger partial charge < -0.3 is 4.90 Å². The maximum atomic E-state index is 12.9. The van der Waals surface area contributed by atoms with Crippen molar-refractivity contribution in [2.75, 3.05) is 31.1 Å². The number of sulfonamides is 1. The lowest BCUT2D eigenvalue weighted by atomic mass is 10.1. The molecule has 1 heterocycles. The van der Waals surface area contributed by atoms with Crippen molar-refractivity contribution in [2.45, 2.75) is 4.90 Å². The molecule has 3 rings (SSSR count). The quantitative estimate of drug-likeness (QED) is 0.370. The van der Waals surface area contributed by atoms with Crippen molar-refractivity contribution >= 4 is 33.0 Å². The van der Waals surface area contributed by atoms with Crippen molar-refractivity contribution in [3.05, 3.63) is 68.3 Å². The second-order valence-electron chi connectivity index (χ2n) is 6.52. The number of piperazine rings is 1. The summed E-state index contributed by atoms with van der Waals surface area (Å²) in [5, 5.41) is 31.3. The smallest absolute Gasteiger partial charge is 0.293 e. The topological polar surface area (TPSA) is 176 Å². The molecule has 2 N–H and O–H groups in total. The van der Waals surface area contributed by atoms with Crippen LogP contribution >= 0.6 is 0 Å². The van der Waals surface area contributed by atoms with Gasteiger partial charge in [0, 0.05) is 43.9 Å². The number of para-hydroxylation sites is 1. The fourth-order valence-corrected chi connectivity index (χ4v) is 4.86. The molecule has 1 aliphatic rings. The molecule has 1 fully saturated rings. The molecule has 2 aromatic rings. The minimum Gasteiger partial charge on any atom is -0.363 e. The monoisotopic (exact) mass is 451 g/mol. The summed E-state index contributed by atoms with van der Waals surface area (Å²) in [6.07, 6.45) is 0. The Morgan fingerprint density at radius 1 is 0.968 bits per heavy atom. The summed E-state index contributed by atoms with van der Waals surface area (Å²) < 4.78 is 26.9. The SMILES string of the molecule is O=C(NO)c1ccc(N2CCN(S(=O)(=O)c3ccccc3[N+](=O)[O-])CC2)c([N+](=O)[O-])c1. The highest BCUT2D eigenvalue weighted by molar-refractivity contribution is 7.89. The molecule has 0 aromatic heterocycles. The molecule has 31 heavy (non-hydrogen) atoms. The van der Waals surface area contributed by atoms with Gasteiger partial charge in [0.15, 0.2) is 4.90 Å². The summed E-state index contributed by atoms with van der Waals surface area (Å²) in [4.78, 5) is 33.9. The second-order valence-corrected chi connectivity index (χ2v) is 8.42. The fraction of sp³-hybridized carbons (Fsp3) is 0.235. The van der Waals surface area contributed by atoms with Crippen LogP contribution in [0.15, 0.2) is 47.4 Å². The summed E-state index contributed by atoms with van der Waals surface area (Å²) in [5.41, 5.74) is 0.560. The van der Waals surface area contributed by atoms with Gasteiger partial charge in [-0.25, -0.2) is 13.9 Å². The standard InChI is InChI=1S/C17H17N5O8S/c23-17(18-24)12-5-6-13(15(11-12)22(27)28)19-7-9-20(10-8-19)31(29,30)16-4-2-1-3-14(16)21(25)26/h1-6,11,24H,7-10H2,(H,18,23). The summed E-state index contributed by atoms with van der Waals surface area (Å²) in [5.74, 6) is -0.907. The van der Waals surface area contributed by atoms with E-state index in [1.165, 1.54) is 29.7 Å². The van der Waals surface area contributed by atoms with E-state index in [1.807, 2.05) is 0 Å². The zero-order valence-electron chi connectivity index (χ0n) is 15.9. The molecule has 14 heteroatoms. The van der Waals surface area contributed by atoms with E-state index in [0.717, 1.165) is 22.5 Å². The highest BCUT2D eigenvalue weighted by atomic mass is 32.2. The highest BCUT2D eigenvalue weighted by Gasteiger charge is 2.34. The summed E-state index contributed by atoms with van der Waals surface area (Å²) in [6, 6.07) is 8.68. The number of hydrogen-bond donors (Lipinski definition) is 2. The van der Waals surface area contributed by atoms with Crippen molar-refractivity contribution in [1.29, 1.82) is 0 Å². The number of hydroxylamine groups is 1.